The van der Waals surface area contributed by atoms with E-state index in [1.807, 2.05) is 0 Å². The number of hydrogen-bond donors (Lipinski definition) is 0. The third kappa shape index (κ3) is 6.48. The lowest BCUT2D eigenvalue weighted by Crippen LogP contribution is -2.09. The highest BCUT2D eigenvalue weighted by atomic mass is 15.0. The smallest absolute Gasteiger partial charge is 0.0491 e. The highest BCUT2D eigenvalue weighted by Gasteiger charge is 2.23. The summed E-state index contributed by atoms with van der Waals surface area (Å²) in [7, 11) is 0. The van der Waals surface area contributed by atoms with Crippen LogP contribution in [0.4, 0.5) is 0 Å². The van der Waals surface area contributed by atoms with E-state index in [2.05, 4.69) is 235 Å². The Hall–Kier alpha value is -7.74. The summed E-state index contributed by atoms with van der Waals surface area (Å²) in [4.78, 5) is 0. The lowest BCUT2D eigenvalue weighted by Gasteiger charge is -2.23. The van der Waals surface area contributed by atoms with Crippen LogP contribution in [-0.2, 0) is 0 Å². The average Bonchev–Trinajstić information content (AvgIpc) is 3.81. The van der Waals surface area contributed by atoms with Gasteiger partial charge in [-0.2, -0.15) is 0 Å². The lowest BCUT2D eigenvalue weighted by molar-refractivity contribution is 0.779. The molecule has 1 nitrogen and oxygen atoms in total. The highest BCUT2D eigenvalue weighted by molar-refractivity contribution is 6.22. The number of aromatic nitrogens is 1. The van der Waals surface area contributed by atoms with Gasteiger partial charge in [-0.1, -0.05) is 206 Å². The van der Waals surface area contributed by atoms with Gasteiger partial charge in [-0.05, 0) is 137 Å². The van der Waals surface area contributed by atoms with Gasteiger partial charge in [-0.3, -0.25) is 0 Å². The molecule has 9 aromatic carbocycles. The van der Waals surface area contributed by atoms with E-state index >= 15 is 0 Å². The predicted octanol–water partition coefficient (Wildman–Crippen LogP) is 17.1. The zero-order valence-electron chi connectivity index (χ0n) is 35.1. The van der Waals surface area contributed by atoms with E-state index in [1.165, 1.54) is 110 Å². The van der Waals surface area contributed by atoms with Gasteiger partial charge in [-0.25, -0.2) is 0 Å². The topological polar surface area (TPSA) is 4.93 Å². The van der Waals surface area contributed by atoms with Gasteiger partial charge in [0.25, 0.3) is 0 Å². The largest absolute Gasteiger partial charge is 0.313 e. The molecular weight excluding hydrogens is 759 g/mol. The summed E-state index contributed by atoms with van der Waals surface area (Å²) in [5, 5.41) is 10.1. The molecule has 0 spiro atoms. The zero-order chi connectivity index (χ0) is 41.7. The molecule has 0 saturated heterocycles. The number of benzene rings is 9. The van der Waals surface area contributed by atoms with Crippen molar-refractivity contribution in [3.05, 3.63) is 242 Å². The Morgan fingerprint density at radius 3 is 1.56 bits per heavy atom. The minimum Gasteiger partial charge on any atom is -0.313 e. The number of fused-ring (bicyclic) bond motifs is 4. The molecule has 63 heavy (non-hydrogen) atoms. The fourth-order valence-electron chi connectivity index (χ4n) is 10.4. The van der Waals surface area contributed by atoms with Gasteiger partial charge in [0.1, 0.15) is 0 Å². The third-order valence-corrected chi connectivity index (χ3v) is 13.4. The van der Waals surface area contributed by atoms with Crippen LogP contribution in [0.25, 0.3) is 98.9 Å². The molecule has 2 aliphatic carbocycles. The number of allylic oxidation sites excluding steroid dienone is 8. The molecule has 0 amide bonds. The van der Waals surface area contributed by atoms with Crippen LogP contribution in [0.3, 0.4) is 0 Å². The van der Waals surface area contributed by atoms with E-state index in [0.717, 1.165) is 19.3 Å². The molecule has 12 rings (SSSR count). The molecule has 298 valence electrons. The maximum absolute atomic E-state index is 2.56. The number of hydrogen-bond acceptors (Lipinski definition) is 0. The van der Waals surface area contributed by atoms with Crippen molar-refractivity contribution in [1.82, 2.24) is 4.57 Å². The van der Waals surface area contributed by atoms with Crippen molar-refractivity contribution in [2.75, 3.05) is 0 Å². The van der Waals surface area contributed by atoms with E-state index in [-0.39, 0.29) is 0 Å². The van der Waals surface area contributed by atoms with E-state index in [1.54, 1.807) is 0 Å². The Labute approximate surface area is 368 Å². The maximum atomic E-state index is 2.56. The van der Waals surface area contributed by atoms with Gasteiger partial charge in [-0.15, -0.1) is 0 Å². The van der Waals surface area contributed by atoms with Crippen molar-refractivity contribution in [3.63, 3.8) is 0 Å². The summed E-state index contributed by atoms with van der Waals surface area (Å²) in [6, 6.07) is 70.2. The van der Waals surface area contributed by atoms with Gasteiger partial charge >= 0.3 is 0 Å². The summed E-state index contributed by atoms with van der Waals surface area (Å²) in [6.45, 7) is 0. The SMILES string of the molecule is C1=CCCC(c2ccc(C3C=CC=CC3)n2-c2ccc3c(-c4ccc(-c5cccc6ccccc56)cc4)c4ccccc4c(-c4ccc(-c5cccc6ccccc56)cc4)c3c2)=C1. The summed E-state index contributed by atoms with van der Waals surface area (Å²) in [5.74, 6) is 0.299. The van der Waals surface area contributed by atoms with Gasteiger partial charge < -0.3 is 4.57 Å². The summed E-state index contributed by atoms with van der Waals surface area (Å²) >= 11 is 0. The fraction of sp³-hybridized carbons (Fsp3) is 0.0645. The number of nitrogens with zero attached hydrogens (tertiary/aromatic N) is 1. The summed E-state index contributed by atoms with van der Waals surface area (Å²) < 4.78 is 2.56. The first-order chi connectivity index (χ1) is 31.3. The molecule has 10 aromatic rings. The first-order valence-corrected chi connectivity index (χ1v) is 22.3. The Kier molecular flexibility index (Phi) is 9.19. The molecule has 2 aliphatic rings. The second-order valence-electron chi connectivity index (χ2n) is 17.0. The predicted molar refractivity (Wildman–Crippen MR) is 270 cm³/mol. The molecule has 0 aliphatic heterocycles. The molecule has 0 fully saturated rings. The minimum absolute atomic E-state index is 0.299. The van der Waals surface area contributed by atoms with Crippen molar-refractivity contribution >= 4 is 48.7 Å². The van der Waals surface area contributed by atoms with E-state index in [4.69, 9.17) is 0 Å². The second-order valence-corrected chi connectivity index (χ2v) is 17.0. The van der Waals surface area contributed by atoms with E-state index in [0.29, 0.717) is 5.92 Å². The van der Waals surface area contributed by atoms with Crippen LogP contribution in [-0.4, -0.2) is 4.57 Å². The van der Waals surface area contributed by atoms with Crippen LogP contribution in [0.2, 0.25) is 0 Å². The molecule has 1 atom stereocenters. The zero-order valence-corrected chi connectivity index (χ0v) is 35.1. The standard InChI is InChI=1S/C62H45N/c1-3-17-46(18-4-1)59-39-40-60(47-19-5-2-6-20-47)63(59)50-37-38-57-58(41-50)62(49-35-31-45(32-36-49)54-28-14-22-43-16-8-10-24-52(43)54)56-26-12-11-25-55(56)61(57)48-33-29-44(30-34-48)53-27-13-21-42-15-7-9-23-51(42)53/h1-5,7-17,19,21-41,46H,6,18,20H2. The van der Waals surface area contributed by atoms with Crippen LogP contribution < -0.4 is 0 Å². The molecule has 1 unspecified atom stereocenters. The Morgan fingerprint density at radius 1 is 0.413 bits per heavy atom. The summed E-state index contributed by atoms with van der Waals surface area (Å²) in [6.07, 6.45) is 18.9. The minimum atomic E-state index is 0.299. The normalized spacial score (nSPS) is 14.9. The first-order valence-electron chi connectivity index (χ1n) is 22.3. The first kappa shape index (κ1) is 37.1. The van der Waals surface area contributed by atoms with Crippen molar-refractivity contribution in [1.29, 1.82) is 0 Å². The van der Waals surface area contributed by atoms with Crippen LogP contribution in [0, 0.1) is 0 Å². The molecule has 0 bridgehead atoms. The summed E-state index contributed by atoms with van der Waals surface area (Å²) in [5.41, 5.74) is 15.1. The molecule has 0 N–H and O–H groups in total. The van der Waals surface area contributed by atoms with Crippen molar-refractivity contribution in [2.24, 2.45) is 0 Å². The van der Waals surface area contributed by atoms with E-state index < -0.39 is 0 Å². The van der Waals surface area contributed by atoms with Crippen LogP contribution >= 0.6 is 0 Å². The van der Waals surface area contributed by atoms with E-state index in [9.17, 15) is 0 Å². The number of rotatable bonds is 7. The highest BCUT2D eigenvalue weighted by Crippen LogP contribution is 2.46. The lowest BCUT2D eigenvalue weighted by atomic mass is 9.85. The van der Waals surface area contributed by atoms with Gasteiger partial charge in [0.2, 0.25) is 0 Å². The van der Waals surface area contributed by atoms with Gasteiger partial charge in [0.05, 0.1) is 0 Å². The second kappa shape index (κ2) is 15.6. The molecule has 0 radical (unpaired) electrons. The van der Waals surface area contributed by atoms with Crippen molar-refractivity contribution < 1.29 is 0 Å². The molecule has 1 heterocycles. The Bertz CT molecular complexity index is 3500. The maximum Gasteiger partial charge on any atom is 0.0491 e. The molecule has 1 heteroatoms. The van der Waals surface area contributed by atoms with Gasteiger partial charge in [0, 0.05) is 23.0 Å². The monoisotopic (exact) mass is 803 g/mol. The fourth-order valence-corrected chi connectivity index (χ4v) is 10.4. The van der Waals surface area contributed by atoms with Crippen molar-refractivity contribution in [3.8, 4) is 50.2 Å². The third-order valence-electron chi connectivity index (χ3n) is 13.4. The Morgan fingerprint density at radius 2 is 0.968 bits per heavy atom. The van der Waals surface area contributed by atoms with Crippen molar-refractivity contribution in [2.45, 2.75) is 25.2 Å². The quantitative estimate of drug-likeness (QED) is 0.141. The Balaban J connectivity index is 1.09. The van der Waals surface area contributed by atoms with Crippen LogP contribution in [0.15, 0.2) is 231 Å². The van der Waals surface area contributed by atoms with Crippen LogP contribution in [0.5, 0.6) is 0 Å². The van der Waals surface area contributed by atoms with Crippen LogP contribution in [0.1, 0.15) is 36.6 Å². The molecular formula is C62H45N. The van der Waals surface area contributed by atoms with Gasteiger partial charge in [0.15, 0.2) is 0 Å². The molecule has 0 saturated carbocycles. The average molecular weight is 804 g/mol. The molecule has 1 aromatic heterocycles.